The maximum Gasteiger partial charge on any atom is 0.256 e. The van der Waals surface area contributed by atoms with Crippen molar-refractivity contribution in [2.45, 2.75) is 12.5 Å². The van der Waals surface area contributed by atoms with Gasteiger partial charge in [-0.25, -0.2) is 4.39 Å². The Morgan fingerprint density at radius 3 is 3.00 bits per heavy atom. The van der Waals surface area contributed by atoms with Gasteiger partial charge < -0.3 is 15.4 Å². The van der Waals surface area contributed by atoms with Crippen molar-refractivity contribution in [1.82, 2.24) is 4.90 Å². The molecule has 1 aliphatic rings. The predicted molar refractivity (Wildman–Crippen MR) is 65.7 cm³/mol. The van der Waals surface area contributed by atoms with Crippen LogP contribution >= 0.6 is 0 Å². The summed E-state index contributed by atoms with van der Waals surface area (Å²) in [6.07, 6.45) is 0.667. The molecule has 1 unspecified atom stereocenters. The molecule has 2 N–H and O–H groups in total. The van der Waals surface area contributed by atoms with Gasteiger partial charge in [-0.05, 0) is 25.1 Å². The van der Waals surface area contributed by atoms with Crippen molar-refractivity contribution in [1.29, 1.82) is 0 Å². The van der Waals surface area contributed by atoms with E-state index in [1.165, 1.54) is 12.1 Å². The molecule has 1 amide bonds. The average Bonchev–Trinajstić information content (AvgIpc) is 2.39. The Labute approximate surface area is 106 Å². The fourth-order valence-corrected chi connectivity index (χ4v) is 2.07. The van der Waals surface area contributed by atoms with Gasteiger partial charge in [-0.15, -0.1) is 0 Å². The molecular weight excluding hydrogens is 235 g/mol. The number of benzene rings is 1. The average molecular weight is 252 g/mol. The first-order valence-electron chi connectivity index (χ1n) is 6.08. The summed E-state index contributed by atoms with van der Waals surface area (Å²) in [6, 6.07) is 6.03. The number of hydrogen-bond donors (Lipinski definition) is 1. The van der Waals surface area contributed by atoms with E-state index >= 15 is 0 Å². The molecule has 1 aliphatic heterocycles. The minimum absolute atomic E-state index is 0.0422. The lowest BCUT2D eigenvalue weighted by atomic mass is 10.1. The summed E-state index contributed by atoms with van der Waals surface area (Å²) in [5, 5.41) is 0. The first-order valence-corrected chi connectivity index (χ1v) is 6.08. The van der Waals surface area contributed by atoms with Gasteiger partial charge in [-0.3, -0.25) is 4.79 Å². The van der Waals surface area contributed by atoms with Crippen LogP contribution in [0.2, 0.25) is 0 Å². The van der Waals surface area contributed by atoms with Crippen LogP contribution in [-0.2, 0) is 4.74 Å². The van der Waals surface area contributed by atoms with E-state index in [4.69, 9.17) is 10.5 Å². The van der Waals surface area contributed by atoms with Crippen molar-refractivity contribution < 1.29 is 13.9 Å². The maximum absolute atomic E-state index is 13.5. The molecule has 2 rings (SSSR count). The molecule has 1 saturated heterocycles. The SMILES string of the molecule is NCCC1CN(C(=O)c2ccccc2F)CCO1. The number of rotatable bonds is 3. The Morgan fingerprint density at radius 2 is 2.28 bits per heavy atom. The van der Waals surface area contributed by atoms with Gasteiger partial charge in [-0.1, -0.05) is 12.1 Å². The van der Waals surface area contributed by atoms with Crippen LogP contribution in [0.25, 0.3) is 0 Å². The summed E-state index contributed by atoms with van der Waals surface area (Å²) in [4.78, 5) is 13.8. The van der Waals surface area contributed by atoms with Crippen LogP contribution in [0.15, 0.2) is 24.3 Å². The summed E-state index contributed by atoms with van der Waals surface area (Å²) in [7, 11) is 0. The number of ether oxygens (including phenoxy) is 1. The number of morpholine rings is 1. The van der Waals surface area contributed by atoms with Crippen LogP contribution in [0.5, 0.6) is 0 Å². The second kappa shape index (κ2) is 5.93. The lowest BCUT2D eigenvalue weighted by molar-refractivity contribution is -0.0237. The Balaban J connectivity index is 2.07. The van der Waals surface area contributed by atoms with Gasteiger partial charge in [0.15, 0.2) is 0 Å². The first kappa shape index (κ1) is 13.0. The summed E-state index contributed by atoms with van der Waals surface area (Å²) >= 11 is 0. The molecule has 98 valence electrons. The third kappa shape index (κ3) is 2.86. The number of nitrogens with two attached hydrogens (primary N) is 1. The minimum Gasteiger partial charge on any atom is -0.374 e. The molecule has 0 radical (unpaired) electrons. The topological polar surface area (TPSA) is 55.6 Å². The van der Waals surface area contributed by atoms with Crippen LogP contribution in [0.1, 0.15) is 16.8 Å². The predicted octanol–water partition coefficient (Wildman–Crippen LogP) is 1.02. The molecule has 1 fully saturated rings. The van der Waals surface area contributed by atoms with Crippen molar-refractivity contribution in [3.63, 3.8) is 0 Å². The Bertz CT molecular complexity index is 423. The second-order valence-electron chi connectivity index (χ2n) is 4.30. The van der Waals surface area contributed by atoms with E-state index in [0.29, 0.717) is 32.7 Å². The van der Waals surface area contributed by atoms with E-state index in [9.17, 15) is 9.18 Å². The summed E-state index contributed by atoms with van der Waals surface area (Å²) in [5.74, 6) is -0.761. The number of carbonyl (C=O) groups is 1. The van der Waals surface area contributed by atoms with Gasteiger partial charge in [0.25, 0.3) is 5.91 Å². The molecule has 1 heterocycles. The van der Waals surface area contributed by atoms with Crippen molar-refractivity contribution in [3.05, 3.63) is 35.6 Å². The second-order valence-corrected chi connectivity index (χ2v) is 4.30. The lowest BCUT2D eigenvalue weighted by Crippen LogP contribution is -2.46. The molecule has 0 spiro atoms. The highest BCUT2D eigenvalue weighted by atomic mass is 19.1. The smallest absolute Gasteiger partial charge is 0.256 e. The van der Waals surface area contributed by atoms with Crippen molar-refractivity contribution in [2.24, 2.45) is 5.73 Å². The molecule has 1 aromatic carbocycles. The van der Waals surface area contributed by atoms with Gasteiger partial charge >= 0.3 is 0 Å². The van der Waals surface area contributed by atoms with Crippen LogP contribution in [-0.4, -0.2) is 43.2 Å². The third-order valence-electron chi connectivity index (χ3n) is 3.02. The molecule has 1 aromatic rings. The highest BCUT2D eigenvalue weighted by Crippen LogP contribution is 2.14. The number of nitrogens with zero attached hydrogens (tertiary/aromatic N) is 1. The zero-order valence-corrected chi connectivity index (χ0v) is 10.1. The van der Waals surface area contributed by atoms with Crippen LogP contribution in [0.3, 0.4) is 0 Å². The van der Waals surface area contributed by atoms with Crippen LogP contribution < -0.4 is 5.73 Å². The van der Waals surface area contributed by atoms with E-state index in [1.54, 1.807) is 17.0 Å². The van der Waals surface area contributed by atoms with Gasteiger partial charge in [0.2, 0.25) is 0 Å². The van der Waals surface area contributed by atoms with E-state index in [1.807, 2.05) is 0 Å². The highest BCUT2D eigenvalue weighted by Gasteiger charge is 2.25. The normalized spacial score (nSPS) is 19.9. The molecule has 5 heteroatoms. The molecule has 0 aromatic heterocycles. The van der Waals surface area contributed by atoms with E-state index in [0.717, 1.165) is 0 Å². The van der Waals surface area contributed by atoms with Crippen molar-refractivity contribution in [2.75, 3.05) is 26.2 Å². The molecule has 0 aliphatic carbocycles. The molecule has 4 nitrogen and oxygen atoms in total. The van der Waals surface area contributed by atoms with Crippen LogP contribution in [0, 0.1) is 5.82 Å². The standard InChI is InChI=1S/C13H17FN2O2/c14-12-4-2-1-3-11(12)13(17)16-7-8-18-10(9-16)5-6-15/h1-4,10H,5-9,15H2. The lowest BCUT2D eigenvalue weighted by Gasteiger charge is -2.33. The molecule has 18 heavy (non-hydrogen) atoms. The van der Waals surface area contributed by atoms with Gasteiger partial charge in [0.05, 0.1) is 18.3 Å². The molecular formula is C13H17FN2O2. The fourth-order valence-electron chi connectivity index (χ4n) is 2.07. The first-order chi connectivity index (χ1) is 8.72. The zero-order valence-electron chi connectivity index (χ0n) is 10.1. The Kier molecular flexibility index (Phi) is 4.28. The summed E-state index contributed by atoms with van der Waals surface area (Å²) in [6.45, 7) is 1.97. The third-order valence-corrected chi connectivity index (χ3v) is 3.02. The van der Waals surface area contributed by atoms with Gasteiger partial charge in [0, 0.05) is 13.1 Å². The van der Waals surface area contributed by atoms with Gasteiger partial charge in [-0.2, -0.15) is 0 Å². The molecule has 1 atom stereocenters. The summed E-state index contributed by atoms with van der Waals surface area (Å²) < 4.78 is 19.0. The van der Waals surface area contributed by atoms with Crippen molar-refractivity contribution in [3.8, 4) is 0 Å². The quantitative estimate of drug-likeness (QED) is 0.873. The largest absolute Gasteiger partial charge is 0.374 e. The van der Waals surface area contributed by atoms with Gasteiger partial charge in [0.1, 0.15) is 5.82 Å². The zero-order chi connectivity index (χ0) is 13.0. The monoisotopic (exact) mass is 252 g/mol. The number of carbonyl (C=O) groups excluding carboxylic acids is 1. The maximum atomic E-state index is 13.5. The summed E-state index contributed by atoms with van der Waals surface area (Å²) in [5.41, 5.74) is 5.59. The Morgan fingerprint density at radius 1 is 1.50 bits per heavy atom. The van der Waals surface area contributed by atoms with Crippen molar-refractivity contribution >= 4 is 5.91 Å². The minimum atomic E-state index is -0.482. The number of amides is 1. The number of hydrogen-bond acceptors (Lipinski definition) is 3. The van der Waals surface area contributed by atoms with Crippen LogP contribution in [0.4, 0.5) is 4.39 Å². The fraction of sp³-hybridized carbons (Fsp3) is 0.462. The Hall–Kier alpha value is -1.46. The number of halogens is 1. The highest BCUT2D eigenvalue weighted by molar-refractivity contribution is 5.94. The molecule has 0 saturated carbocycles. The van der Waals surface area contributed by atoms with E-state index in [-0.39, 0.29) is 17.6 Å². The van der Waals surface area contributed by atoms with E-state index < -0.39 is 5.82 Å². The molecule has 0 bridgehead atoms. The van der Waals surface area contributed by atoms with E-state index in [2.05, 4.69) is 0 Å².